The van der Waals surface area contributed by atoms with E-state index < -0.39 is 12.2 Å². The Bertz CT molecular complexity index is 165. The molecule has 0 amide bonds. The minimum atomic E-state index is -0.560. The lowest BCUT2D eigenvalue weighted by Crippen LogP contribution is -2.22. The van der Waals surface area contributed by atoms with Crippen LogP contribution in [-0.4, -0.2) is 47.0 Å². The lowest BCUT2D eigenvalue weighted by molar-refractivity contribution is 0.0572. The Morgan fingerprint density at radius 2 is 1.83 bits per heavy atom. The Morgan fingerprint density at radius 3 is 2.25 bits per heavy atom. The molecule has 3 heteroatoms. The van der Waals surface area contributed by atoms with Gasteiger partial charge in [-0.1, -0.05) is 11.6 Å². The highest BCUT2D eigenvalue weighted by Gasteiger charge is 2.28. The fraction of sp³-hybridized carbons (Fsp3) is 0.778. The van der Waals surface area contributed by atoms with Crippen molar-refractivity contribution in [3.63, 3.8) is 0 Å². The number of aliphatic hydroxyl groups is 2. The van der Waals surface area contributed by atoms with Crippen LogP contribution in [0.5, 0.6) is 0 Å². The third-order valence-electron chi connectivity index (χ3n) is 2.09. The smallest absolute Gasteiger partial charge is 0.0938 e. The topological polar surface area (TPSA) is 43.7 Å². The van der Waals surface area contributed by atoms with Gasteiger partial charge in [0.05, 0.1) is 12.2 Å². The lowest BCUT2D eigenvalue weighted by Gasteiger charge is -2.11. The van der Waals surface area contributed by atoms with E-state index in [1.165, 1.54) is 5.57 Å². The van der Waals surface area contributed by atoms with Gasteiger partial charge in [0, 0.05) is 19.6 Å². The van der Waals surface area contributed by atoms with Crippen molar-refractivity contribution in [2.24, 2.45) is 0 Å². The Labute approximate surface area is 73.3 Å². The molecule has 2 N–H and O–H groups in total. The molecule has 0 radical (unpaired) electrons. The summed E-state index contributed by atoms with van der Waals surface area (Å²) in [6.45, 7) is 6.10. The molecular formula is C9H17NO2. The minimum absolute atomic E-state index is 0.560. The zero-order chi connectivity index (χ0) is 9.14. The molecule has 0 aromatic carbocycles. The van der Waals surface area contributed by atoms with Crippen molar-refractivity contribution in [1.82, 2.24) is 4.90 Å². The number of β-amino-alcohol motifs (C(OH)–C–C–N with tert-alkyl or cyclic N) is 2. The van der Waals surface area contributed by atoms with Crippen molar-refractivity contribution in [1.29, 1.82) is 0 Å². The first-order valence-corrected chi connectivity index (χ1v) is 4.31. The predicted molar refractivity (Wildman–Crippen MR) is 47.9 cm³/mol. The van der Waals surface area contributed by atoms with Gasteiger partial charge in [-0.2, -0.15) is 0 Å². The first-order valence-electron chi connectivity index (χ1n) is 4.31. The van der Waals surface area contributed by atoms with E-state index in [0.717, 1.165) is 6.54 Å². The van der Waals surface area contributed by atoms with Gasteiger partial charge in [-0.25, -0.2) is 0 Å². The summed E-state index contributed by atoms with van der Waals surface area (Å²) in [4.78, 5) is 2.04. The highest BCUT2D eigenvalue weighted by molar-refractivity contribution is 4.97. The van der Waals surface area contributed by atoms with Crippen LogP contribution in [0.15, 0.2) is 11.6 Å². The van der Waals surface area contributed by atoms with Crippen LogP contribution in [0.3, 0.4) is 0 Å². The molecule has 12 heavy (non-hydrogen) atoms. The highest BCUT2D eigenvalue weighted by Crippen LogP contribution is 2.09. The van der Waals surface area contributed by atoms with Gasteiger partial charge in [0.25, 0.3) is 0 Å². The standard InChI is InChI=1S/C9H17NO2/c1-7(2)3-4-10-5-8(11)9(12)6-10/h3,8-9,11-12H,4-6H2,1-2H3. The maximum atomic E-state index is 9.22. The number of nitrogens with zero attached hydrogens (tertiary/aromatic N) is 1. The fourth-order valence-corrected chi connectivity index (χ4v) is 1.31. The molecule has 1 aliphatic rings. The number of allylic oxidation sites excluding steroid dienone is 1. The van der Waals surface area contributed by atoms with Gasteiger partial charge in [-0.15, -0.1) is 0 Å². The zero-order valence-electron chi connectivity index (χ0n) is 7.70. The zero-order valence-corrected chi connectivity index (χ0v) is 7.70. The lowest BCUT2D eigenvalue weighted by atomic mass is 10.3. The maximum Gasteiger partial charge on any atom is 0.0938 e. The van der Waals surface area contributed by atoms with Crippen LogP contribution in [-0.2, 0) is 0 Å². The molecule has 70 valence electrons. The van der Waals surface area contributed by atoms with Crippen LogP contribution in [0, 0.1) is 0 Å². The van der Waals surface area contributed by atoms with Crippen LogP contribution >= 0.6 is 0 Å². The second-order valence-corrected chi connectivity index (χ2v) is 3.63. The van der Waals surface area contributed by atoms with Crippen LogP contribution in [0.4, 0.5) is 0 Å². The Morgan fingerprint density at radius 1 is 1.33 bits per heavy atom. The van der Waals surface area contributed by atoms with Crippen LogP contribution < -0.4 is 0 Å². The first-order chi connectivity index (χ1) is 5.59. The molecule has 0 saturated carbocycles. The molecule has 0 bridgehead atoms. The van der Waals surface area contributed by atoms with Gasteiger partial charge in [-0.05, 0) is 13.8 Å². The Balaban J connectivity index is 2.33. The van der Waals surface area contributed by atoms with E-state index in [-0.39, 0.29) is 0 Å². The second-order valence-electron chi connectivity index (χ2n) is 3.63. The van der Waals surface area contributed by atoms with Crippen molar-refractivity contribution in [2.45, 2.75) is 26.1 Å². The number of rotatable bonds is 2. The van der Waals surface area contributed by atoms with Gasteiger partial charge in [-0.3, -0.25) is 4.90 Å². The van der Waals surface area contributed by atoms with E-state index in [9.17, 15) is 10.2 Å². The average Bonchev–Trinajstić information content (AvgIpc) is 2.28. The van der Waals surface area contributed by atoms with E-state index in [4.69, 9.17) is 0 Å². The van der Waals surface area contributed by atoms with E-state index >= 15 is 0 Å². The largest absolute Gasteiger partial charge is 0.389 e. The number of hydrogen-bond donors (Lipinski definition) is 2. The summed E-state index contributed by atoms with van der Waals surface area (Å²) in [6, 6.07) is 0. The molecule has 0 aromatic heterocycles. The van der Waals surface area contributed by atoms with E-state index in [1.54, 1.807) is 0 Å². The quantitative estimate of drug-likeness (QED) is 0.574. The van der Waals surface area contributed by atoms with Crippen LogP contribution in [0.2, 0.25) is 0 Å². The van der Waals surface area contributed by atoms with Crippen molar-refractivity contribution < 1.29 is 10.2 Å². The summed E-state index contributed by atoms with van der Waals surface area (Å²) >= 11 is 0. The Hall–Kier alpha value is -0.380. The summed E-state index contributed by atoms with van der Waals surface area (Å²) in [7, 11) is 0. The summed E-state index contributed by atoms with van der Waals surface area (Å²) in [6.07, 6.45) is 0.983. The highest BCUT2D eigenvalue weighted by atomic mass is 16.3. The average molecular weight is 171 g/mol. The predicted octanol–water partition coefficient (Wildman–Crippen LogP) is -0.01000. The second kappa shape index (κ2) is 4.03. The van der Waals surface area contributed by atoms with Crippen LogP contribution in [0.1, 0.15) is 13.8 Å². The molecule has 1 heterocycles. The van der Waals surface area contributed by atoms with Crippen molar-refractivity contribution in [2.75, 3.05) is 19.6 Å². The Kier molecular flexibility index (Phi) is 3.26. The van der Waals surface area contributed by atoms with Crippen molar-refractivity contribution in [3.8, 4) is 0 Å². The van der Waals surface area contributed by atoms with Gasteiger partial charge in [0.2, 0.25) is 0 Å². The van der Waals surface area contributed by atoms with E-state index in [0.29, 0.717) is 13.1 Å². The summed E-state index contributed by atoms with van der Waals surface area (Å²) in [5.41, 5.74) is 1.27. The first kappa shape index (κ1) is 9.71. The molecular weight excluding hydrogens is 154 g/mol. The third kappa shape index (κ3) is 2.59. The summed E-state index contributed by atoms with van der Waals surface area (Å²) < 4.78 is 0. The van der Waals surface area contributed by atoms with E-state index in [1.807, 2.05) is 18.7 Å². The molecule has 2 atom stereocenters. The molecule has 1 saturated heterocycles. The monoisotopic (exact) mass is 171 g/mol. The summed E-state index contributed by atoms with van der Waals surface area (Å²) in [5.74, 6) is 0. The van der Waals surface area contributed by atoms with Gasteiger partial charge in [0.15, 0.2) is 0 Å². The molecule has 0 spiro atoms. The van der Waals surface area contributed by atoms with Crippen LogP contribution in [0.25, 0.3) is 0 Å². The van der Waals surface area contributed by atoms with Crippen molar-refractivity contribution >= 4 is 0 Å². The molecule has 3 nitrogen and oxygen atoms in total. The number of likely N-dealkylation sites (tertiary alicyclic amines) is 1. The summed E-state index contributed by atoms with van der Waals surface area (Å²) in [5, 5.41) is 18.4. The molecule has 0 aliphatic carbocycles. The maximum absolute atomic E-state index is 9.22. The van der Waals surface area contributed by atoms with Gasteiger partial charge >= 0.3 is 0 Å². The number of aliphatic hydroxyl groups excluding tert-OH is 2. The van der Waals surface area contributed by atoms with E-state index in [2.05, 4.69) is 6.08 Å². The normalized spacial score (nSPS) is 30.7. The van der Waals surface area contributed by atoms with Crippen molar-refractivity contribution in [3.05, 3.63) is 11.6 Å². The molecule has 1 rings (SSSR count). The third-order valence-corrected chi connectivity index (χ3v) is 2.09. The SMILES string of the molecule is CC(C)=CCN1CC(O)C(O)C1. The molecule has 1 aliphatic heterocycles. The van der Waals surface area contributed by atoms with Gasteiger partial charge < -0.3 is 10.2 Å². The molecule has 2 unspecified atom stereocenters. The minimum Gasteiger partial charge on any atom is -0.389 e. The fourth-order valence-electron chi connectivity index (χ4n) is 1.31. The number of hydrogen-bond acceptors (Lipinski definition) is 3. The molecule has 1 fully saturated rings. The molecule has 0 aromatic rings. The van der Waals surface area contributed by atoms with Gasteiger partial charge in [0.1, 0.15) is 0 Å².